The predicted octanol–water partition coefficient (Wildman–Crippen LogP) is 1.40. The highest BCUT2D eigenvalue weighted by molar-refractivity contribution is 5.72. The van der Waals surface area contributed by atoms with Crippen molar-refractivity contribution in [1.29, 1.82) is 0 Å². The summed E-state index contributed by atoms with van der Waals surface area (Å²) in [5.41, 5.74) is 0. The Labute approximate surface area is 110 Å². The lowest BCUT2D eigenvalue weighted by atomic mass is 9.93. The summed E-state index contributed by atoms with van der Waals surface area (Å²) in [5, 5.41) is 3.61. The van der Waals surface area contributed by atoms with Crippen LogP contribution in [0.4, 0.5) is 0 Å². The number of nitrogens with one attached hydrogen (secondary N) is 1. The van der Waals surface area contributed by atoms with Crippen LogP contribution < -0.4 is 5.32 Å². The Hall–Kier alpha value is -0.610. The van der Waals surface area contributed by atoms with Crippen LogP contribution in [0.15, 0.2) is 0 Å². The van der Waals surface area contributed by atoms with Crippen LogP contribution in [0.1, 0.15) is 39.0 Å². The Morgan fingerprint density at radius 2 is 2.22 bits per heavy atom. The van der Waals surface area contributed by atoms with Gasteiger partial charge in [0.25, 0.3) is 0 Å². The number of carbonyl (C=O) groups is 1. The van der Waals surface area contributed by atoms with Gasteiger partial charge in [-0.15, -0.1) is 0 Å². The second-order valence-corrected chi connectivity index (χ2v) is 5.69. The number of carbonyl (C=O) groups excluding carboxylic acids is 1. The zero-order valence-electron chi connectivity index (χ0n) is 11.7. The van der Waals surface area contributed by atoms with Crippen molar-refractivity contribution in [3.05, 3.63) is 0 Å². The summed E-state index contributed by atoms with van der Waals surface area (Å²) >= 11 is 0. The van der Waals surface area contributed by atoms with E-state index in [1.807, 2.05) is 6.92 Å². The highest BCUT2D eigenvalue weighted by atomic mass is 16.5. The predicted molar refractivity (Wildman–Crippen MR) is 71.4 cm³/mol. The van der Waals surface area contributed by atoms with E-state index in [1.165, 1.54) is 39.2 Å². The van der Waals surface area contributed by atoms with Crippen molar-refractivity contribution in [3.8, 4) is 0 Å². The minimum absolute atomic E-state index is 0.0167. The van der Waals surface area contributed by atoms with Crippen LogP contribution >= 0.6 is 0 Å². The van der Waals surface area contributed by atoms with E-state index in [9.17, 15) is 4.79 Å². The van der Waals surface area contributed by atoms with E-state index in [-0.39, 0.29) is 11.9 Å². The van der Waals surface area contributed by atoms with Crippen molar-refractivity contribution in [3.63, 3.8) is 0 Å². The summed E-state index contributed by atoms with van der Waals surface area (Å²) in [6.45, 7) is 5.10. The number of rotatable bonds is 4. The standard InChI is InChI=1S/C14H26N2O2/c1-11(14(17)18-2)10-16-9-4-3-7-13(16)12-6-5-8-15-12/h11-13,15H,3-10H2,1-2H3. The first kappa shape index (κ1) is 13.8. The molecule has 4 heteroatoms. The van der Waals surface area contributed by atoms with Gasteiger partial charge in [-0.3, -0.25) is 9.69 Å². The van der Waals surface area contributed by atoms with Gasteiger partial charge in [-0.25, -0.2) is 0 Å². The minimum atomic E-state index is -0.0845. The lowest BCUT2D eigenvalue weighted by Crippen LogP contribution is -2.51. The van der Waals surface area contributed by atoms with Crippen molar-refractivity contribution in [1.82, 2.24) is 10.2 Å². The summed E-state index contributed by atoms with van der Waals surface area (Å²) in [7, 11) is 1.48. The molecule has 18 heavy (non-hydrogen) atoms. The molecule has 104 valence electrons. The fourth-order valence-electron chi connectivity index (χ4n) is 3.37. The smallest absolute Gasteiger partial charge is 0.309 e. The number of likely N-dealkylation sites (tertiary alicyclic amines) is 1. The second-order valence-electron chi connectivity index (χ2n) is 5.69. The van der Waals surface area contributed by atoms with Gasteiger partial charge in [-0.2, -0.15) is 0 Å². The highest BCUT2D eigenvalue weighted by Crippen LogP contribution is 2.25. The van der Waals surface area contributed by atoms with E-state index < -0.39 is 0 Å². The number of nitrogens with zero attached hydrogens (tertiary/aromatic N) is 1. The molecule has 2 rings (SSSR count). The Balaban J connectivity index is 1.92. The summed E-state index contributed by atoms with van der Waals surface area (Å²) in [5.74, 6) is -0.101. The van der Waals surface area contributed by atoms with E-state index in [1.54, 1.807) is 0 Å². The first-order valence-electron chi connectivity index (χ1n) is 7.27. The van der Waals surface area contributed by atoms with Gasteiger partial charge in [0.2, 0.25) is 0 Å². The average Bonchev–Trinajstić information content (AvgIpc) is 2.92. The van der Waals surface area contributed by atoms with Crippen molar-refractivity contribution in [2.24, 2.45) is 5.92 Å². The van der Waals surface area contributed by atoms with E-state index in [0.29, 0.717) is 12.1 Å². The minimum Gasteiger partial charge on any atom is -0.469 e. The fraction of sp³-hybridized carbons (Fsp3) is 0.929. The van der Waals surface area contributed by atoms with Gasteiger partial charge in [0.05, 0.1) is 13.0 Å². The van der Waals surface area contributed by atoms with E-state index in [2.05, 4.69) is 10.2 Å². The fourth-order valence-corrected chi connectivity index (χ4v) is 3.37. The molecule has 0 aromatic carbocycles. The number of esters is 1. The van der Waals surface area contributed by atoms with Gasteiger partial charge in [0.15, 0.2) is 0 Å². The van der Waals surface area contributed by atoms with Gasteiger partial charge >= 0.3 is 5.97 Å². The quantitative estimate of drug-likeness (QED) is 0.770. The van der Waals surface area contributed by atoms with Crippen LogP contribution in [0.25, 0.3) is 0 Å². The van der Waals surface area contributed by atoms with Gasteiger partial charge in [0.1, 0.15) is 0 Å². The highest BCUT2D eigenvalue weighted by Gasteiger charge is 2.33. The number of hydrogen-bond acceptors (Lipinski definition) is 4. The van der Waals surface area contributed by atoms with E-state index >= 15 is 0 Å². The Morgan fingerprint density at radius 1 is 1.39 bits per heavy atom. The second kappa shape index (κ2) is 6.53. The first-order chi connectivity index (χ1) is 8.72. The Bertz CT molecular complexity index is 277. The molecule has 0 aromatic rings. The zero-order valence-corrected chi connectivity index (χ0v) is 11.7. The van der Waals surface area contributed by atoms with Crippen molar-refractivity contribution < 1.29 is 9.53 Å². The third-order valence-corrected chi connectivity index (χ3v) is 4.34. The van der Waals surface area contributed by atoms with Gasteiger partial charge < -0.3 is 10.1 Å². The molecule has 2 fully saturated rings. The molecular weight excluding hydrogens is 228 g/mol. The molecule has 0 aliphatic carbocycles. The molecule has 2 aliphatic heterocycles. The zero-order chi connectivity index (χ0) is 13.0. The van der Waals surface area contributed by atoms with Crippen molar-refractivity contribution >= 4 is 5.97 Å². The monoisotopic (exact) mass is 254 g/mol. The number of hydrogen-bond donors (Lipinski definition) is 1. The van der Waals surface area contributed by atoms with Gasteiger partial charge in [-0.1, -0.05) is 13.3 Å². The van der Waals surface area contributed by atoms with Gasteiger partial charge in [-0.05, 0) is 38.8 Å². The van der Waals surface area contributed by atoms with Gasteiger partial charge in [0, 0.05) is 18.6 Å². The molecule has 0 saturated carbocycles. The summed E-state index contributed by atoms with van der Waals surface area (Å²) < 4.78 is 4.83. The van der Waals surface area contributed by atoms with E-state index in [0.717, 1.165) is 19.6 Å². The molecule has 0 amide bonds. The number of methoxy groups -OCH3 is 1. The summed E-state index contributed by atoms with van der Waals surface area (Å²) in [4.78, 5) is 14.1. The molecule has 2 saturated heterocycles. The first-order valence-corrected chi connectivity index (χ1v) is 7.27. The van der Waals surface area contributed by atoms with Crippen LogP contribution in [-0.4, -0.2) is 49.7 Å². The molecule has 2 aliphatic rings. The number of piperidine rings is 1. The maximum Gasteiger partial charge on any atom is 0.309 e. The molecule has 2 heterocycles. The van der Waals surface area contributed by atoms with Crippen molar-refractivity contribution in [2.45, 2.75) is 51.1 Å². The van der Waals surface area contributed by atoms with Crippen LogP contribution in [0.3, 0.4) is 0 Å². The third-order valence-electron chi connectivity index (χ3n) is 4.34. The molecule has 4 nitrogen and oxygen atoms in total. The van der Waals surface area contributed by atoms with Crippen LogP contribution in [0.2, 0.25) is 0 Å². The topological polar surface area (TPSA) is 41.6 Å². The SMILES string of the molecule is COC(=O)C(C)CN1CCCCC1C1CCCN1. The molecule has 0 radical (unpaired) electrons. The molecule has 0 spiro atoms. The van der Waals surface area contributed by atoms with Crippen molar-refractivity contribution in [2.75, 3.05) is 26.7 Å². The maximum atomic E-state index is 11.5. The summed E-state index contributed by atoms with van der Waals surface area (Å²) in [6.07, 6.45) is 6.43. The molecule has 0 bridgehead atoms. The Morgan fingerprint density at radius 3 is 2.89 bits per heavy atom. The normalized spacial score (nSPS) is 31.2. The molecule has 3 unspecified atom stereocenters. The third kappa shape index (κ3) is 3.23. The molecular formula is C14H26N2O2. The number of ether oxygens (including phenoxy) is 1. The van der Waals surface area contributed by atoms with Crippen LogP contribution in [0, 0.1) is 5.92 Å². The Kier molecular flexibility index (Phi) is 5.01. The maximum absolute atomic E-state index is 11.5. The molecule has 3 atom stereocenters. The van der Waals surface area contributed by atoms with Crippen LogP contribution in [-0.2, 0) is 9.53 Å². The molecule has 1 N–H and O–H groups in total. The average molecular weight is 254 g/mol. The van der Waals surface area contributed by atoms with Crippen LogP contribution in [0.5, 0.6) is 0 Å². The molecule has 0 aromatic heterocycles. The van der Waals surface area contributed by atoms with E-state index in [4.69, 9.17) is 4.74 Å². The lowest BCUT2D eigenvalue weighted by molar-refractivity contribution is -0.145. The summed E-state index contributed by atoms with van der Waals surface area (Å²) in [6, 6.07) is 1.25. The largest absolute Gasteiger partial charge is 0.469 e. The lowest BCUT2D eigenvalue weighted by Gasteiger charge is -2.40.